The summed E-state index contributed by atoms with van der Waals surface area (Å²) >= 11 is 0. The normalized spacial score (nSPS) is 8.36. The van der Waals surface area contributed by atoms with Crippen LogP contribution in [0.5, 0.6) is 11.5 Å². The van der Waals surface area contributed by atoms with Gasteiger partial charge in [-0.15, -0.1) is 0 Å². The van der Waals surface area contributed by atoms with Gasteiger partial charge in [-0.1, -0.05) is 12.1 Å². The van der Waals surface area contributed by atoms with Gasteiger partial charge in [0.25, 0.3) is 0 Å². The molecule has 0 fully saturated rings. The Labute approximate surface area is 81.7 Å². The van der Waals surface area contributed by atoms with Gasteiger partial charge in [-0.25, -0.2) is 4.79 Å². The van der Waals surface area contributed by atoms with Crippen molar-refractivity contribution >= 4 is 6.09 Å². The topological polar surface area (TPSA) is 92.8 Å². The molecular weight excluding hydrogens is 186 g/mol. The molecule has 78 valence electrons. The first-order valence-electron chi connectivity index (χ1n) is 3.97. The Balaban J connectivity index is 0.000000255. The molecule has 5 nitrogen and oxygen atoms in total. The summed E-state index contributed by atoms with van der Waals surface area (Å²) in [5.41, 5.74) is 4.54. The maximum atomic E-state index is 9.60. The molecule has 5 heteroatoms. The summed E-state index contributed by atoms with van der Waals surface area (Å²) in [5.74, 6) is -0.153. The quantitative estimate of drug-likeness (QED) is 0.592. The Morgan fingerprint density at radius 2 is 1.79 bits per heavy atom. The highest BCUT2D eigenvalue weighted by Gasteiger charge is 1.90. The summed E-state index contributed by atoms with van der Waals surface area (Å²) in [4.78, 5) is 9.60. The highest BCUT2D eigenvalue weighted by molar-refractivity contribution is 5.64. The van der Waals surface area contributed by atoms with Gasteiger partial charge in [0.2, 0.25) is 0 Å². The van der Waals surface area contributed by atoms with E-state index in [0.29, 0.717) is 6.61 Å². The number of primary amides is 1. The number of aromatic hydroxyl groups is 2. The molecule has 1 aromatic rings. The lowest BCUT2D eigenvalue weighted by Crippen LogP contribution is -2.11. The van der Waals surface area contributed by atoms with E-state index in [0.717, 1.165) is 0 Å². The summed E-state index contributed by atoms with van der Waals surface area (Å²) in [6.45, 7) is 2.06. The number of phenols is 2. The lowest BCUT2D eigenvalue weighted by molar-refractivity contribution is 0.163. The number of nitrogens with two attached hydrogens (primary N) is 1. The Kier molecular flexibility index (Phi) is 5.69. The number of phenolic OH excluding ortho intramolecular Hbond substituents is 2. The Bertz CT molecular complexity index is 267. The smallest absolute Gasteiger partial charge is 0.404 e. The molecule has 0 bridgehead atoms. The molecule has 0 aliphatic heterocycles. The van der Waals surface area contributed by atoms with E-state index in [2.05, 4.69) is 10.5 Å². The monoisotopic (exact) mass is 199 g/mol. The van der Waals surface area contributed by atoms with Crippen LogP contribution in [0.3, 0.4) is 0 Å². The highest BCUT2D eigenvalue weighted by Crippen LogP contribution is 2.21. The minimum Gasteiger partial charge on any atom is -0.504 e. The van der Waals surface area contributed by atoms with Crippen molar-refractivity contribution in [2.45, 2.75) is 6.92 Å². The van der Waals surface area contributed by atoms with E-state index in [1.165, 1.54) is 12.1 Å². The van der Waals surface area contributed by atoms with Crippen LogP contribution in [0.4, 0.5) is 4.79 Å². The van der Waals surface area contributed by atoms with E-state index >= 15 is 0 Å². The summed E-state index contributed by atoms with van der Waals surface area (Å²) in [6, 6.07) is 6.15. The largest absolute Gasteiger partial charge is 0.504 e. The Hall–Kier alpha value is -1.91. The number of rotatable bonds is 1. The van der Waals surface area contributed by atoms with Crippen molar-refractivity contribution in [3.05, 3.63) is 24.3 Å². The van der Waals surface area contributed by atoms with E-state index in [4.69, 9.17) is 10.2 Å². The zero-order chi connectivity index (χ0) is 11.0. The predicted molar refractivity (Wildman–Crippen MR) is 51.0 cm³/mol. The van der Waals surface area contributed by atoms with Crippen molar-refractivity contribution in [1.29, 1.82) is 0 Å². The number of carbonyl (C=O) groups excluding carboxylic acids is 1. The van der Waals surface area contributed by atoms with Gasteiger partial charge in [-0.05, 0) is 19.1 Å². The summed E-state index contributed by atoms with van der Waals surface area (Å²) < 4.78 is 4.18. The molecule has 0 aromatic heterocycles. The van der Waals surface area contributed by atoms with Gasteiger partial charge in [-0.3, -0.25) is 0 Å². The van der Waals surface area contributed by atoms with Gasteiger partial charge >= 0.3 is 6.09 Å². The van der Waals surface area contributed by atoms with E-state index in [9.17, 15) is 4.79 Å². The molecule has 14 heavy (non-hydrogen) atoms. The molecule has 0 heterocycles. The number of amides is 1. The molecule has 0 atom stereocenters. The van der Waals surface area contributed by atoms with Crippen molar-refractivity contribution in [2.24, 2.45) is 5.73 Å². The molecular formula is C9H13NO4. The van der Waals surface area contributed by atoms with Gasteiger partial charge in [0, 0.05) is 0 Å². The van der Waals surface area contributed by atoms with Crippen LogP contribution in [0.1, 0.15) is 6.92 Å². The van der Waals surface area contributed by atoms with Crippen LogP contribution >= 0.6 is 0 Å². The molecule has 0 unspecified atom stereocenters. The van der Waals surface area contributed by atoms with E-state index in [-0.39, 0.29) is 11.5 Å². The number of carbonyl (C=O) groups is 1. The average molecular weight is 199 g/mol. The maximum absolute atomic E-state index is 9.60. The summed E-state index contributed by atoms with van der Waals surface area (Å²) in [7, 11) is 0. The van der Waals surface area contributed by atoms with Crippen LogP contribution < -0.4 is 5.73 Å². The van der Waals surface area contributed by atoms with Crippen molar-refractivity contribution in [3.63, 3.8) is 0 Å². The summed E-state index contributed by atoms with van der Waals surface area (Å²) in [5, 5.41) is 17.3. The molecule has 0 aliphatic carbocycles. The van der Waals surface area contributed by atoms with Gasteiger partial charge in [0.05, 0.1) is 6.61 Å². The molecule has 0 spiro atoms. The molecule has 1 amide bonds. The molecule has 0 aliphatic rings. The van der Waals surface area contributed by atoms with Crippen LogP contribution in [-0.4, -0.2) is 22.9 Å². The molecule has 1 aromatic carbocycles. The first kappa shape index (κ1) is 12.1. The number of ether oxygens (including phenoxy) is 1. The van der Waals surface area contributed by atoms with Crippen LogP contribution in [0.25, 0.3) is 0 Å². The minimum absolute atomic E-state index is 0.0764. The first-order valence-corrected chi connectivity index (χ1v) is 3.97. The van der Waals surface area contributed by atoms with Crippen LogP contribution in [0.2, 0.25) is 0 Å². The minimum atomic E-state index is -0.711. The third-order valence-electron chi connectivity index (χ3n) is 1.17. The zero-order valence-electron chi connectivity index (χ0n) is 7.80. The second-order valence-electron chi connectivity index (χ2n) is 2.24. The van der Waals surface area contributed by atoms with Gasteiger partial charge in [0.1, 0.15) is 0 Å². The van der Waals surface area contributed by atoms with Crippen molar-refractivity contribution in [2.75, 3.05) is 6.61 Å². The fraction of sp³-hybridized carbons (Fsp3) is 0.222. The van der Waals surface area contributed by atoms with Gasteiger partial charge < -0.3 is 20.7 Å². The van der Waals surface area contributed by atoms with E-state index in [1.807, 2.05) is 0 Å². The Morgan fingerprint density at radius 3 is 1.93 bits per heavy atom. The zero-order valence-corrected chi connectivity index (χ0v) is 7.80. The van der Waals surface area contributed by atoms with E-state index in [1.54, 1.807) is 19.1 Å². The second kappa shape index (κ2) is 6.59. The van der Waals surface area contributed by atoms with Gasteiger partial charge in [0.15, 0.2) is 11.5 Å². The third-order valence-corrected chi connectivity index (χ3v) is 1.17. The lowest BCUT2D eigenvalue weighted by atomic mass is 10.3. The standard InChI is InChI=1S/C6H6O2.C3H7NO2/c7-5-3-1-2-4-6(5)8;1-2-6-3(4)5/h1-4,7-8H;2H2,1H3,(H2,4,5). The fourth-order valence-corrected chi connectivity index (χ4v) is 0.606. The first-order chi connectivity index (χ1) is 6.57. The number of benzene rings is 1. The van der Waals surface area contributed by atoms with Crippen LogP contribution in [0.15, 0.2) is 24.3 Å². The SMILES string of the molecule is CCOC(N)=O.Oc1ccccc1O. The highest BCUT2D eigenvalue weighted by atomic mass is 16.5. The summed E-state index contributed by atoms with van der Waals surface area (Å²) in [6.07, 6.45) is -0.711. The molecule has 4 N–H and O–H groups in total. The molecule has 0 radical (unpaired) electrons. The van der Waals surface area contributed by atoms with Crippen LogP contribution in [-0.2, 0) is 4.74 Å². The van der Waals surface area contributed by atoms with E-state index < -0.39 is 6.09 Å². The van der Waals surface area contributed by atoms with Crippen molar-refractivity contribution < 1.29 is 19.7 Å². The van der Waals surface area contributed by atoms with Crippen molar-refractivity contribution in [3.8, 4) is 11.5 Å². The molecule has 0 saturated heterocycles. The van der Waals surface area contributed by atoms with Gasteiger partial charge in [-0.2, -0.15) is 0 Å². The molecule has 1 rings (SSSR count). The fourth-order valence-electron chi connectivity index (χ4n) is 0.606. The predicted octanol–water partition coefficient (Wildman–Crippen LogP) is 1.20. The lowest BCUT2D eigenvalue weighted by Gasteiger charge is -1.91. The average Bonchev–Trinajstić information content (AvgIpc) is 2.11. The van der Waals surface area contributed by atoms with Crippen molar-refractivity contribution in [1.82, 2.24) is 0 Å². The number of para-hydroxylation sites is 2. The van der Waals surface area contributed by atoms with Crippen LogP contribution in [0, 0.1) is 0 Å². The molecule has 0 saturated carbocycles. The number of hydrogen-bond acceptors (Lipinski definition) is 4. The number of hydrogen-bond donors (Lipinski definition) is 3. The second-order valence-corrected chi connectivity index (χ2v) is 2.24. The Morgan fingerprint density at radius 1 is 1.36 bits per heavy atom. The maximum Gasteiger partial charge on any atom is 0.404 e. The third kappa shape index (κ3) is 5.70.